The number of fused-ring (bicyclic) bond motifs is 1. The third-order valence-electron chi connectivity index (χ3n) is 3.08. The third-order valence-corrected chi connectivity index (χ3v) is 3.92. The summed E-state index contributed by atoms with van der Waals surface area (Å²) < 4.78 is 2.88. The second kappa shape index (κ2) is 5.09. The van der Waals surface area contributed by atoms with E-state index in [0.717, 1.165) is 21.5 Å². The van der Waals surface area contributed by atoms with E-state index in [-0.39, 0.29) is 5.91 Å². The summed E-state index contributed by atoms with van der Waals surface area (Å²) in [4.78, 5) is 16.5. The van der Waals surface area contributed by atoms with E-state index in [4.69, 9.17) is 0 Å². The molecule has 3 aromatic rings. The molecule has 3 rings (SSSR count). The quantitative estimate of drug-likeness (QED) is 0.779. The van der Waals surface area contributed by atoms with E-state index in [1.165, 1.54) is 0 Å². The summed E-state index contributed by atoms with van der Waals surface area (Å²) in [6.07, 6.45) is 1.74. The van der Waals surface area contributed by atoms with Crippen LogP contribution >= 0.6 is 15.9 Å². The first-order valence-electron chi connectivity index (χ1n) is 6.16. The number of carbonyl (C=O) groups excluding carboxylic acids is 1. The Hall–Kier alpha value is -2.14. The van der Waals surface area contributed by atoms with Crippen molar-refractivity contribution in [3.8, 4) is 0 Å². The maximum Gasteiger partial charge on any atom is 0.275 e. The number of imidazole rings is 1. The van der Waals surface area contributed by atoms with Crippen LogP contribution in [-0.4, -0.2) is 15.3 Å². The van der Waals surface area contributed by atoms with E-state index >= 15 is 0 Å². The maximum absolute atomic E-state index is 12.2. The lowest BCUT2D eigenvalue weighted by molar-refractivity contribution is 0.102. The number of nitrogens with one attached hydrogen (secondary N) is 1. The second-order valence-electron chi connectivity index (χ2n) is 4.44. The Kier molecular flexibility index (Phi) is 3.28. The molecule has 1 amide bonds. The summed E-state index contributed by atoms with van der Waals surface area (Å²) in [5, 5.41) is 2.83. The predicted octanol–water partition coefficient (Wildman–Crippen LogP) is 3.66. The van der Waals surface area contributed by atoms with Crippen LogP contribution in [0.2, 0.25) is 0 Å². The lowest BCUT2D eigenvalue weighted by Gasteiger charge is -2.01. The van der Waals surface area contributed by atoms with Crippen molar-refractivity contribution in [2.75, 3.05) is 5.32 Å². The SMILES string of the molecule is Cc1c(Br)ccc2nc(C(=O)Nc3ccccc3)cn12. The average Bonchev–Trinajstić information content (AvgIpc) is 2.89. The Morgan fingerprint density at radius 3 is 2.70 bits per heavy atom. The minimum atomic E-state index is -0.213. The Morgan fingerprint density at radius 2 is 1.95 bits per heavy atom. The monoisotopic (exact) mass is 329 g/mol. The van der Waals surface area contributed by atoms with Crippen molar-refractivity contribution in [2.45, 2.75) is 6.92 Å². The van der Waals surface area contributed by atoms with Gasteiger partial charge in [0.2, 0.25) is 0 Å². The fourth-order valence-electron chi connectivity index (χ4n) is 1.99. The summed E-state index contributed by atoms with van der Waals surface area (Å²) >= 11 is 3.47. The molecule has 0 aliphatic rings. The normalized spacial score (nSPS) is 10.7. The van der Waals surface area contributed by atoms with Gasteiger partial charge in [-0.05, 0) is 47.1 Å². The van der Waals surface area contributed by atoms with Crippen molar-refractivity contribution >= 4 is 33.2 Å². The van der Waals surface area contributed by atoms with Crippen LogP contribution < -0.4 is 5.32 Å². The summed E-state index contributed by atoms with van der Waals surface area (Å²) in [6, 6.07) is 13.1. The molecule has 0 bridgehead atoms. The van der Waals surface area contributed by atoms with Crippen molar-refractivity contribution in [2.24, 2.45) is 0 Å². The van der Waals surface area contributed by atoms with Gasteiger partial charge in [-0.15, -0.1) is 0 Å². The highest BCUT2D eigenvalue weighted by molar-refractivity contribution is 9.10. The lowest BCUT2D eigenvalue weighted by Crippen LogP contribution is -2.12. The van der Waals surface area contributed by atoms with Crippen LogP contribution in [0.15, 0.2) is 53.1 Å². The molecule has 0 saturated heterocycles. The molecular formula is C15H12BrN3O. The Morgan fingerprint density at radius 1 is 1.20 bits per heavy atom. The number of carbonyl (C=O) groups is 1. The van der Waals surface area contributed by atoms with Gasteiger partial charge in [0.05, 0.1) is 0 Å². The molecule has 1 aromatic carbocycles. The molecule has 4 nitrogen and oxygen atoms in total. The largest absolute Gasteiger partial charge is 0.321 e. The fourth-order valence-corrected chi connectivity index (χ4v) is 2.31. The molecule has 2 heterocycles. The predicted molar refractivity (Wildman–Crippen MR) is 82.0 cm³/mol. The summed E-state index contributed by atoms with van der Waals surface area (Å²) in [5.41, 5.74) is 2.92. The molecule has 1 N–H and O–H groups in total. The van der Waals surface area contributed by atoms with Crippen LogP contribution in [0.25, 0.3) is 5.65 Å². The number of benzene rings is 1. The number of aromatic nitrogens is 2. The van der Waals surface area contributed by atoms with E-state index < -0.39 is 0 Å². The van der Waals surface area contributed by atoms with Gasteiger partial charge in [-0.2, -0.15) is 0 Å². The van der Waals surface area contributed by atoms with Gasteiger partial charge in [-0.1, -0.05) is 18.2 Å². The number of amides is 1. The van der Waals surface area contributed by atoms with Crippen molar-refractivity contribution < 1.29 is 4.79 Å². The molecule has 2 aromatic heterocycles. The summed E-state index contributed by atoms with van der Waals surface area (Å²) in [7, 11) is 0. The minimum absolute atomic E-state index is 0.213. The van der Waals surface area contributed by atoms with Crippen LogP contribution in [0, 0.1) is 6.92 Å². The van der Waals surface area contributed by atoms with E-state index in [1.54, 1.807) is 6.20 Å². The highest BCUT2D eigenvalue weighted by Gasteiger charge is 2.12. The van der Waals surface area contributed by atoms with Gasteiger partial charge in [0.25, 0.3) is 5.91 Å². The molecular weight excluding hydrogens is 318 g/mol. The number of nitrogens with zero attached hydrogens (tertiary/aromatic N) is 2. The average molecular weight is 330 g/mol. The number of halogens is 1. The van der Waals surface area contributed by atoms with Crippen LogP contribution in [0.5, 0.6) is 0 Å². The van der Waals surface area contributed by atoms with E-state index in [0.29, 0.717) is 5.69 Å². The first kappa shape index (κ1) is 12.9. The Balaban J connectivity index is 1.94. The number of rotatable bonds is 2. The second-order valence-corrected chi connectivity index (χ2v) is 5.30. The van der Waals surface area contributed by atoms with Crippen LogP contribution in [0.3, 0.4) is 0 Å². The molecule has 0 aliphatic carbocycles. The number of para-hydroxylation sites is 1. The number of hydrogen-bond acceptors (Lipinski definition) is 2. The van der Waals surface area contributed by atoms with Crippen LogP contribution in [-0.2, 0) is 0 Å². The zero-order valence-corrected chi connectivity index (χ0v) is 12.4. The molecule has 5 heteroatoms. The highest BCUT2D eigenvalue weighted by Crippen LogP contribution is 2.18. The fraction of sp³-hybridized carbons (Fsp3) is 0.0667. The van der Waals surface area contributed by atoms with Crippen LogP contribution in [0.1, 0.15) is 16.2 Å². The molecule has 100 valence electrons. The smallest absolute Gasteiger partial charge is 0.275 e. The minimum Gasteiger partial charge on any atom is -0.321 e. The van der Waals surface area contributed by atoms with Gasteiger partial charge in [0.15, 0.2) is 0 Å². The highest BCUT2D eigenvalue weighted by atomic mass is 79.9. The van der Waals surface area contributed by atoms with Gasteiger partial charge in [-0.25, -0.2) is 4.98 Å². The number of hydrogen-bond donors (Lipinski definition) is 1. The zero-order chi connectivity index (χ0) is 14.1. The van der Waals surface area contributed by atoms with Gasteiger partial charge >= 0.3 is 0 Å². The molecule has 0 aliphatic heterocycles. The summed E-state index contributed by atoms with van der Waals surface area (Å²) in [6.45, 7) is 1.97. The van der Waals surface area contributed by atoms with Gasteiger partial charge < -0.3 is 9.72 Å². The maximum atomic E-state index is 12.2. The molecule has 20 heavy (non-hydrogen) atoms. The van der Waals surface area contributed by atoms with Gasteiger partial charge in [0.1, 0.15) is 11.3 Å². The molecule has 0 spiro atoms. The zero-order valence-electron chi connectivity index (χ0n) is 10.8. The van der Waals surface area contributed by atoms with Crippen LogP contribution in [0.4, 0.5) is 5.69 Å². The molecule has 0 atom stereocenters. The Labute approximate surface area is 124 Å². The topological polar surface area (TPSA) is 46.4 Å². The number of pyridine rings is 1. The van der Waals surface area contributed by atoms with Gasteiger partial charge in [-0.3, -0.25) is 4.79 Å². The number of aryl methyl sites for hydroxylation is 1. The first-order valence-corrected chi connectivity index (χ1v) is 6.95. The molecule has 0 saturated carbocycles. The summed E-state index contributed by atoms with van der Waals surface area (Å²) in [5.74, 6) is -0.213. The molecule has 0 radical (unpaired) electrons. The molecule has 0 unspecified atom stereocenters. The lowest BCUT2D eigenvalue weighted by atomic mass is 10.3. The first-order chi connectivity index (χ1) is 9.65. The number of anilines is 1. The Bertz CT molecular complexity index is 780. The van der Waals surface area contributed by atoms with E-state index in [2.05, 4.69) is 26.2 Å². The van der Waals surface area contributed by atoms with Gasteiger partial charge in [0, 0.05) is 22.1 Å². The molecule has 0 fully saturated rings. The van der Waals surface area contributed by atoms with Crippen molar-refractivity contribution in [1.82, 2.24) is 9.38 Å². The standard InChI is InChI=1S/C15H12BrN3O/c1-10-12(16)7-8-14-18-13(9-19(10)14)15(20)17-11-5-3-2-4-6-11/h2-9H,1H3,(H,17,20). The van der Waals surface area contributed by atoms with E-state index in [9.17, 15) is 4.79 Å². The van der Waals surface area contributed by atoms with Crippen molar-refractivity contribution in [1.29, 1.82) is 0 Å². The van der Waals surface area contributed by atoms with Crippen molar-refractivity contribution in [3.63, 3.8) is 0 Å². The van der Waals surface area contributed by atoms with E-state index in [1.807, 2.05) is 53.8 Å². The third kappa shape index (κ3) is 2.32. The van der Waals surface area contributed by atoms with Crippen molar-refractivity contribution in [3.05, 3.63) is 64.5 Å².